The van der Waals surface area contributed by atoms with Crippen LogP contribution in [0.15, 0.2) is 28.8 Å². The SMILES string of the molecule is CC(NCc1noc(C2CC2)n1)c1cccc(N2CCOC2=O)c1. The molecule has 1 aliphatic heterocycles. The highest BCUT2D eigenvalue weighted by atomic mass is 16.6. The molecule has 4 rings (SSSR count). The maximum atomic E-state index is 11.7. The molecule has 7 nitrogen and oxygen atoms in total. The van der Waals surface area contributed by atoms with E-state index >= 15 is 0 Å². The number of amides is 1. The first-order valence-corrected chi connectivity index (χ1v) is 8.31. The van der Waals surface area contributed by atoms with E-state index in [1.807, 2.05) is 24.3 Å². The molecule has 2 aromatic rings. The second kappa shape index (κ2) is 6.24. The largest absolute Gasteiger partial charge is 0.447 e. The van der Waals surface area contributed by atoms with Gasteiger partial charge in [0, 0.05) is 17.6 Å². The maximum Gasteiger partial charge on any atom is 0.414 e. The summed E-state index contributed by atoms with van der Waals surface area (Å²) in [5.41, 5.74) is 1.96. The number of hydrogen-bond donors (Lipinski definition) is 1. The zero-order valence-electron chi connectivity index (χ0n) is 13.6. The number of carbonyl (C=O) groups excluding carboxylic acids is 1. The third-order valence-corrected chi connectivity index (χ3v) is 4.42. The van der Waals surface area contributed by atoms with E-state index in [2.05, 4.69) is 22.4 Å². The molecule has 126 valence electrons. The number of carbonyl (C=O) groups is 1. The summed E-state index contributed by atoms with van der Waals surface area (Å²) >= 11 is 0. The van der Waals surface area contributed by atoms with Gasteiger partial charge in [0.15, 0.2) is 5.82 Å². The van der Waals surface area contributed by atoms with Gasteiger partial charge < -0.3 is 14.6 Å². The highest BCUT2D eigenvalue weighted by Crippen LogP contribution is 2.38. The van der Waals surface area contributed by atoms with Crippen LogP contribution in [0.25, 0.3) is 0 Å². The van der Waals surface area contributed by atoms with E-state index < -0.39 is 0 Å². The van der Waals surface area contributed by atoms with Crippen molar-refractivity contribution < 1.29 is 14.1 Å². The molecule has 7 heteroatoms. The molecular formula is C17H20N4O3. The molecule has 1 saturated heterocycles. The summed E-state index contributed by atoms with van der Waals surface area (Å²) in [6.45, 7) is 3.66. The maximum absolute atomic E-state index is 11.7. The van der Waals surface area contributed by atoms with Gasteiger partial charge in [0.1, 0.15) is 6.61 Å². The van der Waals surface area contributed by atoms with Crippen molar-refractivity contribution >= 4 is 11.8 Å². The topological polar surface area (TPSA) is 80.5 Å². The molecule has 0 bridgehead atoms. The van der Waals surface area contributed by atoms with Crippen molar-refractivity contribution in [3.05, 3.63) is 41.5 Å². The molecule has 1 N–H and O–H groups in total. The Labute approximate surface area is 140 Å². The average Bonchev–Trinajstić information content (AvgIpc) is 3.19. The van der Waals surface area contributed by atoms with Crippen LogP contribution in [0.3, 0.4) is 0 Å². The number of nitrogens with one attached hydrogen (secondary N) is 1. The van der Waals surface area contributed by atoms with Crippen molar-refractivity contribution in [3.63, 3.8) is 0 Å². The first kappa shape index (κ1) is 15.1. The fraction of sp³-hybridized carbons (Fsp3) is 0.471. The third-order valence-electron chi connectivity index (χ3n) is 4.42. The Kier molecular flexibility index (Phi) is 3.93. The lowest BCUT2D eigenvalue weighted by Crippen LogP contribution is -2.24. The lowest BCUT2D eigenvalue weighted by Gasteiger charge is -2.17. The number of benzene rings is 1. The molecule has 0 spiro atoms. The Bertz CT molecular complexity index is 741. The zero-order chi connectivity index (χ0) is 16.5. The number of hydrogen-bond acceptors (Lipinski definition) is 6. The monoisotopic (exact) mass is 328 g/mol. The van der Waals surface area contributed by atoms with Gasteiger partial charge in [0.25, 0.3) is 0 Å². The summed E-state index contributed by atoms with van der Waals surface area (Å²) in [6.07, 6.45) is 2.01. The number of cyclic esters (lactones) is 1. The summed E-state index contributed by atoms with van der Waals surface area (Å²) in [7, 11) is 0. The van der Waals surface area contributed by atoms with E-state index in [-0.39, 0.29) is 12.1 Å². The highest BCUT2D eigenvalue weighted by molar-refractivity contribution is 5.89. The average molecular weight is 328 g/mol. The van der Waals surface area contributed by atoms with Gasteiger partial charge in [-0.25, -0.2) is 4.79 Å². The van der Waals surface area contributed by atoms with E-state index in [4.69, 9.17) is 9.26 Å². The molecule has 1 unspecified atom stereocenters. The summed E-state index contributed by atoms with van der Waals surface area (Å²) in [5.74, 6) is 1.91. The van der Waals surface area contributed by atoms with Crippen LogP contribution in [-0.4, -0.2) is 29.4 Å². The molecule has 1 aromatic heterocycles. The number of rotatable bonds is 6. The Morgan fingerprint density at radius 3 is 3.04 bits per heavy atom. The Hall–Kier alpha value is -2.41. The second-order valence-corrected chi connectivity index (χ2v) is 6.29. The quantitative estimate of drug-likeness (QED) is 0.878. The second-order valence-electron chi connectivity index (χ2n) is 6.29. The molecule has 2 aliphatic rings. The standard InChI is InChI=1S/C17H20N4O3/c1-11(18-10-15-19-16(24-20-15)12-5-6-12)13-3-2-4-14(9-13)21-7-8-23-17(21)22/h2-4,9,11-12,18H,5-8,10H2,1H3. The van der Waals surface area contributed by atoms with Gasteiger partial charge in [-0.2, -0.15) is 4.98 Å². The van der Waals surface area contributed by atoms with Gasteiger partial charge in [-0.15, -0.1) is 0 Å². The molecule has 2 heterocycles. The van der Waals surface area contributed by atoms with Gasteiger partial charge in [-0.05, 0) is 37.5 Å². The third kappa shape index (κ3) is 3.12. The van der Waals surface area contributed by atoms with Gasteiger partial charge in [-0.3, -0.25) is 4.90 Å². The molecule has 1 aromatic carbocycles. The first-order valence-electron chi connectivity index (χ1n) is 8.31. The van der Waals surface area contributed by atoms with E-state index in [9.17, 15) is 4.79 Å². The molecule has 1 amide bonds. The number of aromatic nitrogens is 2. The van der Waals surface area contributed by atoms with Crippen LogP contribution in [0, 0.1) is 0 Å². The number of anilines is 1. The molecule has 24 heavy (non-hydrogen) atoms. The normalized spacial score (nSPS) is 18.7. The van der Waals surface area contributed by atoms with Crippen molar-refractivity contribution in [3.8, 4) is 0 Å². The smallest absolute Gasteiger partial charge is 0.414 e. The van der Waals surface area contributed by atoms with Crippen LogP contribution in [0.2, 0.25) is 0 Å². The summed E-state index contributed by atoms with van der Waals surface area (Å²) < 4.78 is 10.3. The predicted octanol–water partition coefficient (Wildman–Crippen LogP) is 2.75. The van der Waals surface area contributed by atoms with E-state index in [1.165, 1.54) is 0 Å². The van der Waals surface area contributed by atoms with Gasteiger partial charge in [0.2, 0.25) is 5.89 Å². The minimum atomic E-state index is -0.285. The van der Waals surface area contributed by atoms with Crippen LogP contribution in [0.1, 0.15) is 49.0 Å². The zero-order valence-corrected chi connectivity index (χ0v) is 13.6. The molecule has 1 atom stereocenters. The minimum absolute atomic E-state index is 0.103. The lowest BCUT2D eigenvalue weighted by molar-refractivity contribution is 0.181. The molecule has 1 aliphatic carbocycles. The fourth-order valence-electron chi connectivity index (χ4n) is 2.79. The first-order chi connectivity index (χ1) is 11.7. The Morgan fingerprint density at radius 2 is 2.29 bits per heavy atom. The van der Waals surface area contributed by atoms with Gasteiger partial charge in [0.05, 0.1) is 13.1 Å². The number of ether oxygens (including phenoxy) is 1. The molecule has 2 fully saturated rings. The summed E-state index contributed by atoms with van der Waals surface area (Å²) in [5, 5.41) is 7.41. The minimum Gasteiger partial charge on any atom is -0.447 e. The molecule has 0 radical (unpaired) electrons. The van der Waals surface area contributed by atoms with Crippen LogP contribution < -0.4 is 10.2 Å². The van der Waals surface area contributed by atoms with Crippen molar-refractivity contribution in [1.82, 2.24) is 15.5 Å². The van der Waals surface area contributed by atoms with Crippen molar-refractivity contribution in [2.75, 3.05) is 18.1 Å². The van der Waals surface area contributed by atoms with Crippen LogP contribution >= 0.6 is 0 Å². The lowest BCUT2D eigenvalue weighted by atomic mass is 10.1. The van der Waals surface area contributed by atoms with Gasteiger partial charge in [-0.1, -0.05) is 17.3 Å². The van der Waals surface area contributed by atoms with E-state index in [0.717, 1.165) is 30.0 Å². The molecule has 1 saturated carbocycles. The highest BCUT2D eigenvalue weighted by Gasteiger charge is 2.29. The number of nitrogens with zero attached hydrogens (tertiary/aromatic N) is 3. The van der Waals surface area contributed by atoms with Crippen LogP contribution in [0.5, 0.6) is 0 Å². The Balaban J connectivity index is 1.40. The van der Waals surface area contributed by atoms with Crippen LogP contribution in [-0.2, 0) is 11.3 Å². The molecular weight excluding hydrogens is 308 g/mol. The van der Waals surface area contributed by atoms with E-state index in [1.54, 1.807) is 4.90 Å². The van der Waals surface area contributed by atoms with E-state index in [0.29, 0.717) is 31.4 Å². The predicted molar refractivity (Wildman–Crippen MR) is 86.7 cm³/mol. The van der Waals surface area contributed by atoms with Crippen LogP contribution in [0.4, 0.5) is 10.5 Å². The summed E-state index contributed by atoms with van der Waals surface area (Å²) in [4.78, 5) is 17.8. The summed E-state index contributed by atoms with van der Waals surface area (Å²) in [6, 6.07) is 8.02. The van der Waals surface area contributed by atoms with Gasteiger partial charge >= 0.3 is 6.09 Å². The van der Waals surface area contributed by atoms with Crippen molar-refractivity contribution in [2.45, 2.75) is 38.3 Å². The van der Waals surface area contributed by atoms with Crippen molar-refractivity contribution in [1.29, 1.82) is 0 Å². The fourth-order valence-corrected chi connectivity index (χ4v) is 2.79. The van der Waals surface area contributed by atoms with Crippen molar-refractivity contribution in [2.24, 2.45) is 0 Å². The Morgan fingerprint density at radius 1 is 1.42 bits per heavy atom.